The summed E-state index contributed by atoms with van der Waals surface area (Å²) in [7, 11) is 4.83. The Hall–Kier alpha value is -7.82. The number of nitrogens with zero attached hydrogens (tertiary/aromatic N) is 6. The first-order chi connectivity index (χ1) is 38.6. The highest BCUT2D eigenvalue weighted by atomic mass is 16.5. The summed E-state index contributed by atoms with van der Waals surface area (Å²) in [6.07, 6.45) is 12.8. The van der Waals surface area contributed by atoms with Gasteiger partial charge in [-0.05, 0) is 85.2 Å². The van der Waals surface area contributed by atoms with Gasteiger partial charge >= 0.3 is 11.9 Å². The number of phenolic OH excluding ortho intramolecular Hbond substituents is 2. The van der Waals surface area contributed by atoms with Crippen molar-refractivity contribution in [3.63, 3.8) is 0 Å². The number of hydrogen-bond donors (Lipinski definition) is 2. The van der Waals surface area contributed by atoms with E-state index in [1.807, 2.05) is 60.8 Å². The van der Waals surface area contributed by atoms with Gasteiger partial charge in [-0.2, -0.15) is 0 Å². The van der Waals surface area contributed by atoms with Crippen LogP contribution in [0.2, 0.25) is 0 Å². The highest BCUT2D eigenvalue weighted by Crippen LogP contribution is 2.49. The summed E-state index contributed by atoms with van der Waals surface area (Å²) >= 11 is 0. The van der Waals surface area contributed by atoms with E-state index in [1.165, 1.54) is 45.2 Å². The first-order valence-electron chi connectivity index (χ1n) is 27.6. The van der Waals surface area contributed by atoms with Crippen LogP contribution >= 0.6 is 0 Å². The summed E-state index contributed by atoms with van der Waals surface area (Å²) in [5.41, 5.74) is 7.64. The van der Waals surface area contributed by atoms with Crippen molar-refractivity contribution in [1.82, 2.24) is 29.6 Å². The second kappa shape index (κ2) is 22.5. The Morgan fingerprint density at radius 2 is 1.19 bits per heavy atom. The van der Waals surface area contributed by atoms with Crippen LogP contribution in [0.3, 0.4) is 0 Å². The van der Waals surface area contributed by atoms with Gasteiger partial charge in [0.15, 0.2) is 0 Å². The Kier molecular flexibility index (Phi) is 14.8. The molecular formula is C64H66N6O9. The molecule has 15 nitrogen and oxygen atoms in total. The molecule has 0 bridgehead atoms. The molecule has 79 heavy (non-hydrogen) atoms. The predicted molar refractivity (Wildman–Crippen MR) is 303 cm³/mol. The second-order valence-electron chi connectivity index (χ2n) is 21.6. The van der Waals surface area contributed by atoms with Crippen LogP contribution < -0.4 is 4.74 Å². The molecule has 12 rings (SSSR count). The van der Waals surface area contributed by atoms with Crippen LogP contribution in [-0.4, -0.2) is 132 Å². The van der Waals surface area contributed by atoms with Crippen LogP contribution in [0.25, 0.3) is 43.5 Å². The van der Waals surface area contributed by atoms with Crippen LogP contribution in [0.5, 0.6) is 17.4 Å². The minimum atomic E-state index is -0.560. The fourth-order valence-corrected chi connectivity index (χ4v) is 12.6. The Balaban J connectivity index is 0.896. The van der Waals surface area contributed by atoms with Gasteiger partial charge in [-0.3, -0.25) is 19.7 Å². The lowest BCUT2D eigenvalue weighted by Gasteiger charge is -2.40. The number of ether oxygens (including phenoxy) is 3. The van der Waals surface area contributed by atoms with E-state index < -0.39 is 24.0 Å². The number of likely N-dealkylation sites (N-methyl/N-ethyl adjacent to an activating group) is 1. The molecule has 1 aliphatic carbocycles. The number of esters is 2. The molecule has 2 N–H and O–H groups in total. The minimum Gasteiger partial charge on any atom is -0.507 e. The van der Waals surface area contributed by atoms with Crippen LogP contribution in [0.15, 0.2) is 131 Å². The topological polar surface area (TPSA) is 167 Å². The SMILES string of the molecule is COC(=O)c1coc2c1c(C(c1ccnc(CCc3ccccc3)c1)N1CCN(C)CC1)c(O)c1cc(CN3CCN(C(c4ccnc(OCC5CCCC5)c4)c4c(O)c5ccccc5c5occ(C(=O)OC)c45)CC3)ccc12. The van der Waals surface area contributed by atoms with Crippen molar-refractivity contribution >= 4 is 55.4 Å². The summed E-state index contributed by atoms with van der Waals surface area (Å²) in [5.74, 6) is 0.0508. The van der Waals surface area contributed by atoms with Crippen molar-refractivity contribution in [2.45, 2.75) is 57.2 Å². The number of hydrogen-bond acceptors (Lipinski definition) is 15. The lowest BCUT2D eigenvalue weighted by Crippen LogP contribution is -2.47. The Bertz CT molecular complexity index is 3690. The van der Waals surface area contributed by atoms with E-state index in [2.05, 4.69) is 74.1 Å². The number of pyridine rings is 2. The molecule has 3 fully saturated rings. The fraction of sp³-hybridized carbons (Fsp3) is 0.344. The number of rotatable bonds is 16. The fourth-order valence-electron chi connectivity index (χ4n) is 12.6. The first kappa shape index (κ1) is 51.9. The maximum atomic E-state index is 13.7. The second-order valence-corrected chi connectivity index (χ2v) is 21.6. The van der Waals surface area contributed by atoms with Gasteiger partial charge in [-0.25, -0.2) is 14.6 Å². The highest BCUT2D eigenvalue weighted by molar-refractivity contribution is 6.17. The van der Waals surface area contributed by atoms with Gasteiger partial charge in [-0.15, -0.1) is 0 Å². The number of phenols is 2. The smallest absolute Gasteiger partial charge is 0.341 e. The minimum absolute atomic E-state index is 0.0642. The normalized spacial score (nSPS) is 17.0. The number of benzene rings is 5. The van der Waals surface area contributed by atoms with Crippen molar-refractivity contribution in [2.24, 2.45) is 5.92 Å². The van der Waals surface area contributed by atoms with Gasteiger partial charge in [0.1, 0.15) is 46.3 Å². The van der Waals surface area contributed by atoms with Crippen LogP contribution in [0.4, 0.5) is 0 Å². The molecule has 5 aromatic carbocycles. The molecule has 1 saturated carbocycles. The zero-order valence-corrected chi connectivity index (χ0v) is 45.0. The zero-order chi connectivity index (χ0) is 54.1. The number of fused-ring (bicyclic) bond motifs is 6. The van der Waals surface area contributed by atoms with Gasteiger partial charge in [0.25, 0.3) is 0 Å². The van der Waals surface area contributed by atoms with E-state index in [4.69, 9.17) is 28.0 Å². The van der Waals surface area contributed by atoms with Crippen molar-refractivity contribution in [2.75, 3.05) is 80.2 Å². The summed E-state index contributed by atoms with van der Waals surface area (Å²) in [4.78, 5) is 46.1. The van der Waals surface area contributed by atoms with E-state index in [0.717, 1.165) is 74.2 Å². The van der Waals surface area contributed by atoms with Gasteiger partial charge in [0, 0.05) is 127 Å². The van der Waals surface area contributed by atoms with Crippen molar-refractivity contribution in [3.05, 3.63) is 172 Å². The van der Waals surface area contributed by atoms with Crippen LogP contribution in [0, 0.1) is 5.92 Å². The lowest BCUT2D eigenvalue weighted by molar-refractivity contribution is 0.0592. The van der Waals surface area contributed by atoms with Crippen LogP contribution in [0.1, 0.15) is 97.6 Å². The molecule has 2 saturated heterocycles. The number of carbonyl (C=O) groups is 2. The molecule has 2 atom stereocenters. The average Bonchev–Trinajstić information content (AvgIpc) is 4.35. The van der Waals surface area contributed by atoms with Gasteiger partial charge in [0.2, 0.25) is 5.88 Å². The maximum Gasteiger partial charge on any atom is 0.341 e. The standard InChI is InChI=1S/C64H66N6O9/c1-67-25-29-69(30-26-67)57(43-21-23-65-45(34-43)19-17-40-11-5-4-6-12-40)56-54-51(64(74)76-3)39-79-62(54)48-20-18-42(33-49(48)60(56)72)36-68-27-31-70(32-28-68)58(44-22-24-66-52(35-44)77-37-41-13-7-8-14-41)55-53-50(63(73)75-2)38-78-61(53)47-16-10-9-15-46(47)59(55)71/h4-6,9-12,15-16,18,20-24,33-35,38-39,41,57-58,71-72H,7-8,13-14,17,19,25-32,36-37H2,1-3H3. The number of aryl methyl sites for hydroxylation is 2. The monoisotopic (exact) mass is 1060 g/mol. The van der Waals surface area contributed by atoms with Crippen molar-refractivity contribution in [1.29, 1.82) is 0 Å². The largest absolute Gasteiger partial charge is 0.507 e. The molecule has 15 heteroatoms. The van der Waals surface area contributed by atoms with E-state index >= 15 is 0 Å². The van der Waals surface area contributed by atoms with Crippen molar-refractivity contribution in [3.8, 4) is 17.4 Å². The predicted octanol–water partition coefficient (Wildman–Crippen LogP) is 10.9. The van der Waals surface area contributed by atoms with E-state index in [9.17, 15) is 19.8 Å². The molecule has 0 spiro atoms. The number of furan rings is 2. The first-order valence-corrected chi connectivity index (χ1v) is 27.6. The molecule has 2 unspecified atom stereocenters. The van der Waals surface area contributed by atoms with Crippen LogP contribution in [-0.2, 0) is 28.9 Å². The quantitative estimate of drug-likeness (QED) is 0.0877. The number of methoxy groups -OCH3 is 2. The lowest BCUT2D eigenvalue weighted by atomic mass is 9.88. The summed E-state index contributed by atoms with van der Waals surface area (Å²) in [5, 5.41) is 29.2. The zero-order valence-electron chi connectivity index (χ0n) is 45.0. The number of aromatic nitrogens is 2. The molecule has 4 aromatic heterocycles. The molecule has 406 valence electrons. The molecule has 2 aliphatic heterocycles. The Morgan fingerprint density at radius 3 is 1.84 bits per heavy atom. The van der Waals surface area contributed by atoms with E-state index in [1.54, 1.807) is 6.20 Å². The molecule has 3 aliphatic rings. The third kappa shape index (κ3) is 10.2. The molecule has 0 radical (unpaired) electrons. The third-order valence-electron chi connectivity index (χ3n) is 16.8. The van der Waals surface area contributed by atoms with Crippen molar-refractivity contribution < 1.29 is 42.8 Å². The van der Waals surface area contributed by atoms with Gasteiger partial charge in [0.05, 0.1) is 32.9 Å². The molecular weight excluding hydrogens is 997 g/mol. The Morgan fingerprint density at radius 1 is 0.620 bits per heavy atom. The third-order valence-corrected chi connectivity index (χ3v) is 16.8. The number of aromatic hydroxyl groups is 2. The van der Waals surface area contributed by atoms with E-state index in [-0.39, 0.29) is 22.6 Å². The van der Waals surface area contributed by atoms with E-state index in [0.29, 0.717) is 106 Å². The maximum absolute atomic E-state index is 13.7. The summed E-state index contributed by atoms with van der Waals surface area (Å²) in [6, 6.07) is 31.2. The molecule has 9 aromatic rings. The number of carbonyl (C=O) groups excluding carboxylic acids is 2. The summed E-state index contributed by atoms with van der Waals surface area (Å²) in [6.45, 7) is 6.82. The molecule has 0 amide bonds. The van der Waals surface area contributed by atoms with Gasteiger partial charge in [-0.1, -0.05) is 79.6 Å². The highest BCUT2D eigenvalue weighted by Gasteiger charge is 2.37. The Labute approximate surface area is 458 Å². The van der Waals surface area contributed by atoms with Gasteiger partial charge < -0.3 is 38.2 Å². The summed E-state index contributed by atoms with van der Waals surface area (Å²) < 4.78 is 29.6. The molecule has 6 heterocycles. The number of piperazine rings is 2. The average molecular weight is 1060 g/mol.